The van der Waals surface area contributed by atoms with Crippen molar-refractivity contribution in [2.24, 2.45) is 5.29 Å². The Balaban J connectivity index is 2.28. The minimum absolute atomic E-state index is 0.136. The van der Waals surface area contributed by atoms with Crippen LogP contribution >= 0.6 is 0 Å². The van der Waals surface area contributed by atoms with Gasteiger partial charge in [-0.05, 0) is 17.7 Å². The van der Waals surface area contributed by atoms with Crippen LogP contribution in [0.2, 0.25) is 0 Å². The Hall–Kier alpha value is -1.98. The second-order valence-electron chi connectivity index (χ2n) is 4.27. The molecule has 5 nitrogen and oxygen atoms in total. The van der Waals surface area contributed by atoms with E-state index in [1.165, 1.54) is 23.2 Å². The molecular weight excluding hydrogens is 227 g/mol. The molecule has 0 unspecified atom stereocenters. The number of carboxylic acid groups (broad SMARTS) is 1. The van der Waals surface area contributed by atoms with Crippen LogP contribution in [0.5, 0.6) is 0 Å². The number of halogens is 1. The van der Waals surface area contributed by atoms with Crippen molar-refractivity contribution >= 4 is 5.97 Å². The van der Waals surface area contributed by atoms with E-state index in [2.05, 4.69) is 5.29 Å². The Morgan fingerprint density at radius 2 is 2.24 bits per heavy atom. The fourth-order valence-electron chi connectivity index (χ4n) is 2.21. The van der Waals surface area contributed by atoms with Crippen molar-refractivity contribution in [3.05, 3.63) is 40.6 Å². The normalized spacial score (nSPS) is 17.4. The molecule has 0 saturated carbocycles. The van der Waals surface area contributed by atoms with E-state index in [4.69, 9.17) is 5.11 Å². The summed E-state index contributed by atoms with van der Waals surface area (Å²) in [5.74, 6) is -1.38. The fourth-order valence-corrected chi connectivity index (χ4v) is 2.21. The molecule has 2 rings (SSSR count). The number of nitroso groups, excluding NO2 is 1. The summed E-state index contributed by atoms with van der Waals surface area (Å²) in [5, 5.41) is 12.9. The average molecular weight is 238 g/mol. The van der Waals surface area contributed by atoms with Crippen LogP contribution in [0.3, 0.4) is 0 Å². The number of benzene rings is 1. The molecule has 1 aromatic rings. The predicted octanol–water partition coefficient (Wildman–Crippen LogP) is 1.54. The summed E-state index contributed by atoms with van der Waals surface area (Å²) in [6, 6.07) is 5.82. The summed E-state index contributed by atoms with van der Waals surface area (Å²) in [7, 11) is 0. The van der Waals surface area contributed by atoms with Gasteiger partial charge in [-0.15, -0.1) is 4.91 Å². The van der Waals surface area contributed by atoms with E-state index >= 15 is 0 Å². The molecule has 1 saturated heterocycles. The van der Waals surface area contributed by atoms with Crippen LogP contribution in [-0.4, -0.2) is 29.2 Å². The van der Waals surface area contributed by atoms with Gasteiger partial charge in [-0.1, -0.05) is 12.1 Å². The van der Waals surface area contributed by atoms with Crippen LogP contribution in [0.25, 0.3) is 0 Å². The summed E-state index contributed by atoms with van der Waals surface area (Å²) in [6.45, 7) is 0.429. The molecule has 1 aromatic carbocycles. The molecule has 0 amide bonds. The molecule has 1 heterocycles. The Morgan fingerprint density at radius 1 is 1.53 bits per heavy atom. The van der Waals surface area contributed by atoms with Crippen LogP contribution in [0.15, 0.2) is 29.6 Å². The maximum absolute atomic E-state index is 13.1. The highest BCUT2D eigenvalue weighted by Crippen LogP contribution is 2.38. The summed E-state index contributed by atoms with van der Waals surface area (Å²) in [6.07, 6.45) is -0.136. The minimum Gasteiger partial charge on any atom is -0.481 e. The first-order chi connectivity index (χ1) is 8.05. The zero-order valence-electron chi connectivity index (χ0n) is 8.97. The summed E-state index contributed by atoms with van der Waals surface area (Å²) in [4.78, 5) is 21.2. The Labute approximate surface area is 96.8 Å². The Bertz CT molecular complexity index is 458. The van der Waals surface area contributed by atoms with Crippen LogP contribution in [0.4, 0.5) is 4.39 Å². The van der Waals surface area contributed by atoms with Gasteiger partial charge in [0.05, 0.1) is 24.8 Å². The highest BCUT2D eigenvalue weighted by Gasteiger charge is 2.46. The van der Waals surface area contributed by atoms with Crippen molar-refractivity contribution in [2.75, 3.05) is 13.1 Å². The van der Waals surface area contributed by atoms with Crippen molar-refractivity contribution in [2.45, 2.75) is 11.8 Å². The van der Waals surface area contributed by atoms with Crippen LogP contribution < -0.4 is 0 Å². The lowest BCUT2D eigenvalue weighted by Crippen LogP contribution is -2.57. The Kier molecular flexibility index (Phi) is 2.79. The van der Waals surface area contributed by atoms with Crippen molar-refractivity contribution in [1.29, 1.82) is 0 Å². The maximum atomic E-state index is 13.1. The van der Waals surface area contributed by atoms with Gasteiger partial charge in [0.1, 0.15) is 5.82 Å². The largest absolute Gasteiger partial charge is 0.481 e. The molecule has 1 aliphatic heterocycles. The molecule has 6 heteroatoms. The first-order valence-corrected chi connectivity index (χ1v) is 5.12. The quantitative estimate of drug-likeness (QED) is 0.807. The molecule has 1 N–H and O–H groups in total. The van der Waals surface area contributed by atoms with Gasteiger partial charge in [-0.2, -0.15) is 0 Å². The van der Waals surface area contributed by atoms with Crippen LogP contribution in [-0.2, 0) is 10.2 Å². The minimum atomic E-state index is -0.972. The third kappa shape index (κ3) is 2.11. The van der Waals surface area contributed by atoms with Gasteiger partial charge in [0.2, 0.25) is 0 Å². The monoisotopic (exact) mass is 238 g/mol. The van der Waals surface area contributed by atoms with E-state index in [0.29, 0.717) is 5.56 Å². The molecule has 1 fully saturated rings. The SMILES string of the molecule is O=NN1CC(CC(=O)O)(c2cccc(F)c2)C1. The zero-order chi connectivity index (χ0) is 12.5. The highest BCUT2D eigenvalue weighted by atomic mass is 19.1. The van der Waals surface area contributed by atoms with Gasteiger partial charge >= 0.3 is 5.97 Å². The third-order valence-corrected chi connectivity index (χ3v) is 3.01. The zero-order valence-corrected chi connectivity index (χ0v) is 8.97. The van der Waals surface area contributed by atoms with E-state index in [-0.39, 0.29) is 19.5 Å². The molecule has 1 aliphatic rings. The lowest BCUT2D eigenvalue weighted by molar-refractivity contribution is -0.140. The number of hydrogen-bond donors (Lipinski definition) is 1. The number of carbonyl (C=O) groups is 1. The smallest absolute Gasteiger partial charge is 0.304 e. The number of hydrogen-bond acceptors (Lipinski definition) is 3. The lowest BCUT2D eigenvalue weighted by Gasteiger charge is -2.46. The molecule has 17 heavy (non-hydrogen) atoms. The van der Waals surface area contributed by atoms with Gasteiger partial charge in [-0.25, -0.2) is 4.39 Å². The van der Waals surface area contributed by atoms with Gasteiger partial charge < -0.3 is 5.11 Å². The molecule has 0 bridgehead atoms. The number of nitrogens with zero attached hydrogens (tertiary/aromatic N) is 2. The topological polar surface area (TPSA) is 70.0 Å². The van der Waals surface area contributed by atoms with Crippen LogP contribution in [0, 0.1) is 10.7 Å². The van der Waals surface area contributed by atoms with Crippen molar-refractivity contribution in [1.82, 2.24) is 5.01 Å². The molecular formula is C11H11FN2O3. The fraction of sp³-hybridized carbons (Fsp3) is 0.364. The average Bonchev–Trinajstić information content (AvgIpc) is 2.22. The van der Waals surface area contributed by atoms with E-state index in [9.17, 15) is 14.1 Å². The van der Waals surface area contributed by atoms with Gasteiger partial charge in [0.25, 0.3) is 0 Å². The van der Waals surface area contributed by atoms with E-state index in [1.807, 2.05) is 0 Å². The lowest BCUT2D eigenvalue weighted by atomic mass is 9.72. The molecule has 0 atom stereocenters. The second-order valence-corrected chi connectivity index (χ2v) is 4.27. The van der Waals surface area contributed by atoms with Gasteiger partial charge in [-0.3, -0.25) is 9.80 Å². The summed E-state index contributed by atoms with van der Waals surface area (Å²) >= 11 is 0. The molecule has 90 valence electrons. The molecule has 0 aromatic heterocycles. The van der Waals surface area contributed by atoms with E-state index in [1.54, 1.807) is 6.07 Å². The van der Waals surface area contributed by atoms with Crippen molar-refractivity contribution in [3.63, 3.8) is 0 Å². The van der Waals surface area contributed by atoms with Crippen molar-refractivity contribution < 1.29 is 14.3 Å². The number of aliphatic carboxylic acids is 1. The first-order valence-electron chi connectivity index (χ1n) is 5.12. The summed E-state index contributed by atoms with van der Waals surface area (Å²) in [5.41, 5.74) is -0.109. The van der Waals surface area contributed by atoms with Gasteiger partial charge in [0, 0.05) is 5.41 Å². The third-order valence-electron chi connectivity index (χ3n) is 3.01. The maximum Gasteiger partial charge on any atom is 0.304 e. The molecule has 0 radical (unpaired) electrons. The molecule has 0 spiro atoms. The first kappa shape index (κ1) is 11.5. The number of carboxylic acids is 1. The predicted molar refractivity (Wildman–Crippen MR) is 57.7 cm³/mol. The standard InChI is InChI=1S/C11H11FN2O3/c12-9-3-1-2-8(4-9)11(5-10(15)16)6-14(7-11)13-17/h1-4H,5-7H2,(H,15,16). The highest BCUT2D eigenvalue weighted by molar-refractivity contribution is 5.69. The number of rotatable bonds is 4. The van der Waals surface area contributed by atoms with Gasteiger partial charge in [0.15, 0.2) is 0 Å². The van der Waals surface area contributed by atoms with E-state index in [0.717, 1.165) is 0 Å². The second kappa shape index (κ2) is 4.12. The molecule has 0 aliphatic carbocycles. The van der Waals surface area contributed by atoms with E-state index < -0.39 is 17.2 Å². The van der Waals surface area contributed by atoms with Crippen molar-refractivity contribution in [3.8, 4) is 0 Å². The van der Waals surface area contributed by atoms with Crippen LogP contribution in [0.1, 0.15) is 12.0 Å². The summed E-state index contributed by atoms with van der Waals surface area (Å²) < 4.78 is 13.1. The Morgan fingerprint density at radius 3 is 2.76 bits per heavy atom.